The number of benzene rings is 3. The molecule has 3 aromatic rings. The number of aliphatic hydroxyl groups excluding tert-OH is 4. The van der Waals surface area contributed by atoms with Crippen molar-refractivity contribution in [2.45, 2.75) is 120 Å². The van der Waals surface area contributed by atoms with Crippen molar-refractivity contribution < 1.29 is 73.2 Å². The van der Waals surface area contributed by atoms with Crippen LogP contribution in [0.2, 0.25) is 0 Å². The van der Waals surface area contributed by atoms with Gasteiger partial charge in [-0.3, -0.25) is 52.7 Å². The zero-order chi connectivity index (χ0) is 57.8. The van der Waals surface area contributed by atoms with Crippen LogP contribution in [0.1, 0.15) is 58.1 Å². The molecule has 1 aliphatic heterocycles. The van der Waals surface area contributed by atoms with Crippen molar-refractivity contribution >= 4 is 75.8 Å². The number of nitrogens with one attached hydrogen (secondary N) is 9. The van der Waals surface area contributed by atoms with Gasteiger partial charge in [0.2, 0.25) is 65.0 Å². The van der Waals surface area contributed by atoms with E-state index in [9.17, 15) is 73.2 Å². The average molecular weight is 1090 g/mol. The second kappa shape index (κ2) is 30.0. The summed E-state index contributed by atoms with van der Waals surface area (Å²) in [4.78, 5) is 146. The second-order valence-corrected chi connectivity index (χ2v) is 19.4. The van der Waals surface area contributed by atoms with Crippen LogP contribution in [0.4, 0.5) is 0 Å². The van der Waals surface area contributed by atoms with Crippen molar-refractivity contribution in [1.29, 1.82) is 0 Å². The molecule has 0 aliphatic carbocycles. The van der Waals surface area contributed by atoms with Gasteiger partial charge in [0.15, 0.2) is 0 Å². The van der Waals surface area contributed by atoms with Gasteiger partial charge in [-0.2, -0.15) is 0 Å². The minimum atomic E-state index is -1.87. The largest absolute Gasteiger partial charge is 0.394 e. The van der Waals surface area contributed by atoms with Gasteiger partial charge < -0.3 is 78.9 Å². The van der Waals surface area contributed by atoms with E-state index in [1.807, 2.05) is 18.2 Å². The number of carbonyl (C=O) groups excluding carboxylic acids is 11. The SMILES string of the molecule is CC(C)C[C@H](NC(=O)[C@@H]1CCC(=O)N1)C(=O)NC(C(=O)N[C@@H](Cc1ccccc1)C(=O)NC(C(=O)N(C)[C@@H](CO)C(=O)N[C@H](CO)C(=O)N[C@@H](Cc1ccc2ccccc2c1)C(=O)NCC(=O)NCC(N)=O)[C@@H](C)O)[C@@H](C)O. The Morgan fingerprint density at radius 2 is 1.18 bits per heavy atom. The van der Waals surface area contributed by atoms with Crippen LogP contribution in [0.5, 0.6) is 0 Å². The molecule has 1 fully saturated rings. The van der Waals surface area contributed by atoms with Crippen LogP contribution in [0, 0.1) is 5.92 Å². The molecule has 0 bridgehead atoms. The third-order valence-corrected chi connectivity index (χ3v) is 12.6. The van der Waals surface area contributed by atoms with Crippen LogP contribution in [0.3, 0.4) is 0 Å². The van der Waals surface area contributed by atoms with Crippen molar-refractivity contribution in [3.05, 3.63) is 83.9 Å². The number of rotatable bonds is 29. The molecule has 26 heteroatoms. The van der Waals surface area contributed by atoms with Gasteiger partial charge in [-0.05, 0) is 54.5 Å². The van der Waals surface area contributed by atoms with E-state index in [-0.39, 0.29) is 43.9 Å². The van der Waals surface area contributed by atoms with Gasteiger partial charge >= 0.3 is 0 Å². The van der Waals surface area contributed by atoms with Crippen LogP contribution in [-0.2, 0) is 65.6 Å². The quantitative estimate of drug-likeness (QED) is 0.0310. The van der Waals surface area contributed by atoms with Crippen molar-refractivity contribution in [2.24, 2.45) is 11.7 Å². The van der Waals surface area contributed by atoms with E-state index in [1.165, 1.54) is 6.92 Å². The lowest BCUT2D eigenvalue weighted by molar-refractivity contribution is -0.146. The molecule has 3 aromatic carbocycles. The summed E-state index contributed by atoms with van der Waals surface area (Å²) < 4.78 is 0. The Labute approximate surface area is 449 Å². The number of hydrogen-bond acceptors (Lipinski definition) is 15. The summed E-state index contributed by atoms with van der Waals surface area (Å²) in [7, 11) is 1.04. The van der Waals surface area contributed by atoms with Crippen LogP contribution in [-0.4, -0.2) is 184 Å². The molecule has 0 aromatic heterocycles. The maximum absolute atomic E-state index is 14.2. The first-order valence-corrected chi connectivity index (χ1v) is 25.2. The van der Waals surface area contributed by atoms with E-state index in [2.05, 4.69) is 47.9 Å². The van der Waals surface area contributed by atoms with Gasteiger partial charge in [-0.25, -0.2) is 0 Å². The standard InChI is InChI=1S/C52H71N11O15/c1-27(2)19-35(57-46(72)34-17-18-41(69)56-34)47(73)61-43(28(3)66)51(77)59-37(21-30-11-7-6-8-12-30)48(74)62-44(29(4)67)52(78)63(5)39(26-65)50(76)60-38(25-64)49(75)58-36(45(71)55-24-42(70)54-23-40(53)68)22-31-15-16-32-13-9-10-14-33(32)20-31/h6-16,20,27-29,34-39,43-44,64-67H,17-19,21-26H2,1-5H3,(H2,53,68)(H,54,70)(H,55,71)(H,56,69)(H,57,72)(H,58,75)(H,59,77)(H,60,76)(H,61,73)(H,62,74)/t28-,29-,34+,35+,36+,37+,38-,39+,43?,44?/m1/s1. The van der Waals surface area contributed by atoms with Gasteiger partial charge in [0.25, 0.3) is 0 Å². The Balaban J connectivity index is 1.50. The molecular formula is C52H71N11O15. The van der Waals surface area contributed by atoms with Crippen LogP contribution < -0.4 is 53.6 Å². The lowest BCUT2D eigenvalue weighted by atomic mass is 10.0. The maximum atomic E-state index is 14.2. The van der Waals surface area contributed by atoms with Crippen LogP contribution in [0.25, 0.3) is 10.8 Å². The number of fused-ring (bicyclic) bond motifs is 1. The zero-order valence-corrected chi connectivity index (χ0v) is 43.9. The number of amides is 11. The molecule has 4 rings (SSSR count). The first-order valence-electron chi connectivity index (χ1n) is 25.2. The molecule has 78 heavy (non-hydrogen) atoms. The average Bonchev–Trinajstić information content (AvgIpc) is 3.85. The summed E-state index contributed by atoms with van der Waals surface area (Å²) >= 11 is 0. The highest BCUT2D eigenvalue weighted by atomic mass is 16.3. The highest BCUT2D eigenvalue weighted by Crippen LogP contribution is 2.18. The van der Waals surface area contributed by atoms with Crippen LogP contribution >= 0.6 is 0 Å². The summed E-state index contributed by atoms with van der Waals surface area (Å²) in [5.74, 6) is -10.0. The molecule has 1 heterocycles. The van der Waals surface area contributed by atoms with Crippen molar-refractivity contribution in [3.8, 4) is 0 Å². The summed E-state index contributed by atoms with van der Waals surface area (Å²) in [6.45, 7) is 2.61. The van der Waals surface area contributed by atoms with E-state index < -0.39 is 146 Å². The number of nitrogens with zero attached hydrogens (tertiary/aromatic N) is 1. The molecule has 424 valence electrons. The van der Waals surface area contributed by atoms with Gasteiger partial charge in [-0.1, -0.05) is 86.6 Å². The molecule has 10 atom stereocenters. The predicted molar refractivity (Wildman–Crippen MR) is 279 cm³/mol. The van der Waals surface area contributed by atoms with Gasteiger partial charge in [0.05, 0.1) is 38.5 Å². The number of likely N-dealkylation sites (N-methyl/N-ethyl adjacent to an activating group) is 1. The predicted octanol–water partition coefficient (Wildman–Crippen LogP) is -4.85. The Hall–Kier alpha value is -8.07. The fraction of sp³-hybridized carbons (Fsp3) is 0.481. The smallest absolute Gasteiger partial charge is 0.248 e. The molecule has 11 amide bonds. The molecule has 0 radical (unpaired) electrons. The van der Waals surface area contributed by atoms with Crippen molar-refractivity contribution in [1.82, 2.24) is 52.8 Å². The zero-order valence-electron chi connectivity index (χ0n) is 43.9. The fourth-order valence-corrected chi connectivity index (χ4v) is 8.25. The summed E-state index contributed by atoms with van der Waals surface area (Å²) in [6.07, 6.45) is -3.24. The minimum Gasteiger partial charge on any atom is -0.394 e. The van der Waals surface area contributed by atoms with Gasteiger partial charge in [0, 0.05) is 26.3 Å². The first-order chi connectivity index (χ1) is 36.9. The van der Waals surface area contributed by atoms with E-state index >= 15 is 0 Å². The Bertz CT molecular complexity index is 2640. The van der Waals surface area contributed by atoms with E-state index in [0.717, 1.165) is 24.7 Å². The number of carbonyl (C=O) groups is 11. The van der Waals surface area contributed by atoms with E-state index in [1.54, 1.807) is 68.4 Å². The number of nitrogens with two attached hydrogens (primary N) is 1. The molecule has 2 unspecified atom stereocenters. The lowest BCUT2D eigenvalue weighted by Gasteiger charge is -2.32. The normalized spacial score (nSPS) is 16.5. The Kier molecular flexibility index (Phi) is 24.0. The molecule has 0 saturated carbocycles. The van der Waals surface area contributed by atoms with Crippen LogP contribution in [0.15, 0.2) is 72.8 Å². The molecule has 1 aliphatic rings. The lowest BCUT2D eigenvalue weighted by Crippen LogP contribution is -2.63. The van der Waals surface area contributed by atoms with Crippen molar-refractivity contribution in [2.75, 3.05) is 33.4 Å². The summed E-state index contributed by atoms with van der Waals surface area (Å²) in [5.41, 5.74) is 6.13. The summed E-state index contributed by atoms with van der Waals surface area (Å²) in [5, 5.41) is 65.8. The molecule has 15 N–H and O–H groups in total. The molecular weight excluding hydrogens is 1020 g/mol. The highest BCUT2D eigenvalue weighted by molar-refractivity contribution is 5.99. The molecule has 26 nitrogen and oxygen atoms in total. The monoisotopic (exact) mass is 1090 g/mol. The third-order valence-electron chi connectivity index (χ3n) is 12.6. The van der Waals surface area contributed by atoms with Gasteiger partial charge in [0.1, 0.15) is 48.3 Å². The fourth-order valence-electron chi connectivity index (χ4n) is 8.25. The summed E-state index contributed by atoms with van der Waals surface area (Å²) in [6, 6.07) is 8.47. The number of aliphatic hydroxyl groups is 4. The maximum Gasteiger partial charge on any atom is 0.248 e. The van der Waals surface area contributed by atoms with Gasteiger partial charge in [-0.15, -0.1) is 0 Å². The van der Waals surface area contributed by atoms with Crippen molar-refractivity contribution in [3.63, 3.8) is 0 Å². The highest BCUT2D eigenvalue weighted by Gasteiger charge is 2.39. The first kappa shape index (κ1) is 62.5. The van der Waals surface area contributed by atoms with E-state index in [0.29, 0.717) is 16.0 Å². The Morgan fingerprint density at radius 1 is 0.615 bits per heavy atom. The molecule has 1 saturated heterocycles. The Morgan fingerprint density at radius 3 is 1.77 bits per heavy atom. The second-order valence-electron chi connectivity index (χ2n) is 19.4. The topological polar surface area (TPSA) is 406 Å². The van der Waals surface area contributed by atoms with E-state index in [4.69, 9.17) is 5.73 Å². The number of hydrogen-bond donors (Lipinski definition) is 14. The minimum absolute atomic E-state index is 0.102. The number of primary amides is 1. The molecule has 0 spiro atoms. The third kappa shape index (κ3) is 18.9.